The van der Waals surface area contributed by atoms with Crippen LogP contribution < -0.4 is 10.2 Å². The van der Waals surface area contributed by atoms with E-state index in [4.69, 9.17) is 5.26 Å². The van der Waals surface area contributed by atoms with E-state index in [1.807, 2.05) is 6.07 Å². The van der Waals surface area contributed by atoms with Crippen molar-refractivity contribution in [3.63, 3.8) is 0 Å². The molecular weight excluding hydrogens is 471 g/mol. The zero-order valence-electron chi connectivity index (χ0n) is 18.9. The molecule has 1 N–H and O–H groups in total. The minimum atomic E-state index is -4.57. The number of hydrogen-bond donors (Lipinski definition) is 1. The van der Waals surface area contributed by atoms with Crippen molar-refractivity contribution >= 4 is 23.5 Å². The van der Waals surface area contributed by atoms with Crippen molar-refractivity contribution < 1.29 is 18.0 Å². The van der Waals surface area contributed by atoms with Gasteiger partial charge < -0.3 is 0 Å². The molecule has 2 aliphatic rings. The van der Waals surface area contributed by atoms with E-state index in [1.54, 1.807) is 31.2 Å². The molecule has 1 saturated carbocycles. The maximum Gasteiger partial charge on any atom is 0.416 e. The van der Waals surface area contributed by atoms with Gasteiger partial charge in [-0.05, 0) is 55.7 Å². The summed E-state index contributed by atoms with van der Waals surface area (Å²) < 4.78 is 41.8. The van der Waals surface area contributed by atoms with Crippen LogP contribution in [0.5, 0.6) is 0 Å². The summed E-state index contributed by atoms with van der Waals surface area (Å²) in [7, 11) is 0. The third-order valence-electron chi connectivity index (χ3n) is 6.15. The van der Waals surface area contributed by atoms with Gasteiger partial charge in [0.25, 0.3) is 5.95 Å². The smallest absolute Gasteiger partial charge is 0.293 e. The van der Waals surface area contributed by atoms with E-state index in [0.29, 0.717) is 16.8 Å². The van der Waals surface area contributed by atoms with Gasteiger partial charge in [-0.2, -0.15) is 28.7 Å². The predicted octanol–water partition coefficient (Wildman–Crippen LogP) is 5.06. The molecular formula is C25H18F3N7O. The van der Waals surface area contributed by atoms with Crippen molar-refractivity contribution in [2.45, 2.75) is 32.0 Å². The molecule has 1 fully saturated rings. The van der Waals surface area contributed by atoms with Gasteiger partial charge in [-0.15, -0.1) is 5.10 Å². The second kappa shape index (κ2) is 8.54. The maximum absolute atomic E-state index is 13.5. The Morgan fingerprint density at radius 2 is 1.83 bits per heavy atom. The molecule has 0 bridgehead atoms. The highest BCUT2D eigenvalue weighted by Gasteiger charge is 2.38. The van der Waals surface area contributed by atoms with Gasteiger partial charge in [0, 0.05) is 17.3 Å². The summed E-state index contributed by atoms with van der Waals surface area (Å²) in [4.78, 5) is 18.2. The van der Waals surface area contributed by atoms with E-state index in [2.05, 4.69) is 21.5 Å². The molecule has 180 valence electrons. The number of nitrogens with zero attached hydrogens (tertiary/aromatic N) is 6. The SMILES string of the molecule is CC1=C(C#N)[C@@H](c2ccc(C#N)cc2)n2nc(NC(=O)C3CC3)nc2N1c1cccc(C(F)(F)F)c1. The first-order chi connectivity index (χ1) is 17.2. The Hall–Kier alpha value is -4.64. The number of rotatable bonds is 4. The molecule has 1 aliphatic heterocycles. The lowest BCUT2D eigenvalue weighted by Gasteiger charge is -2.34. The van der Waals surface area contributed by atoms with Crippen LogP contribution in [-0.2, 0) is 11.0 Å². The molecule has 0 saturated heterocycles. The van der Waals surface area contributed by atoms with Crippen LogP contribution >= 0.6 is 0 Å². The predicted molar refractivity (Wildman–Crippen MR) is 123 cm³/mol. The van der Waals surface area contributed by atoms with Gasteiger partial charge in [-0.25, -0.2) is 4.68 Å². The van der Waals surface area contributed by atoms with E-state index in [-0.39, 0.29) is 35.0 Å². The largest absolute Gasteiger partial charge is 0.416 e. The number of carbonyl (C=O) groups is 1. The number of halogens is 3. The standard InChI is InChI=1S/C25H18F3N7O/c1-14-20(13-30)21(16-7-5-15(12-29)6-8-16)35-24(32-23(33-35)31-22(36)17-9-10-17)34(14)19-4-2-3-18(11-19)25(26,27)28/h2-8,11,17,21H,9-10H2,1H3,(H,31,33,36)/t21-/m1/s1. The van der Waals surface area contributed by atoms with Crippen LogP contribution in [0.25, 0.3) is 0 Å². The molecule has 1 atom stereocenters. The Morgan fingerprint density at radius 3 is 2.44 bits per heavy atom. The number of aromatic nitrogens is 3. The minimum Gasteiger partial charge on any atom is -0.293 e. The highest BCUT2D eigenvalue weighted by Crippen LogP contribution is 2.43. The third kappa shape index (κ3) is 4.05. The number of nitriles is 2. The normalized spacial score (nSPS) is 17.3. The van der Waals surface area contributed by atoms with Crippen LogP contribution in [-0.4, -0.2) is 20.7 Å². The maximum atomic E-state index is 13.5. The van der Waals surface area contributed by atoms with E-state index in [9.17, 15) is 23.2 Å². The topological polar surface area (TPSA) is 111 Å². The number of amides is 1. The first-order valence-electron chi connectivity index (χ1n) is 11.1. The fourth-order valence-corrected chi connectivity index (χ4v) is 4.16. The van der Waals surface area contributed by atoms with E-state index >= 15 is 0 Å². The number of allylic oxidation sites excluding steroid dienone is 2. The Kier molecular flexibility index (Phi) is 5.48. The van der Waals surface area contributed by atoms with Crippen LogP contribution in [0.4, 0.5) is 30.8 Å². The third-order valence-corrected chi connectivity index (χ3v) is 6.15. The highest BCUT2D eigenvalue weighted by atomic mass is 19.4. The molecule has 0 spiro atoms. The van der Waals surface area contributed by atoms with Gasteiger partial charge in [-0.1, -0.05) is 18.2 Å². The van der Waals surface area contributed by atoms with E-state index < -0.39 is 17.8 Å². The molecule has 0 radical (unpaired) electrons. The molecule has 8 nitrogen and oxygen atoms in total. The van der Waals surface area contributed by atoms with Gasteiger partial charge in [0.15, 0.2) is 0 Å². The molecule has 2 heterocycles. The summed E-state index contributed by atoms with van der Waals surface area (Å²) in [6, 6.07) is 14.7. The average molecular weight is 489 g/mol. The molecule has 5 rings (SSSR count). The zero-order valence-corrected chi connectivity index (χ0v) is 18.9. The zero-order chi connectivity index (χ0) is 25.6. The Balaban J connectivity index is 1.68. The van der Waals surface area contributed by atoms with Gasteiger partial charge >= 0.3 is 6.18 Å². The molecule has 3 aromatic rings. The van der Waals surface area contributed by atoms with Gasteiger partial charge in [0.1, 0.15) is 6.04 Å². The first-order valence-corrected chi connectivity index (χ1v) is 11.1. The number of alkyl halides is 3. The molecule has 0 unspecified atom stereocenters. The van der Waals surface area contributed by atoms with Crippen LogP contribution in [0, 0.1) is 28.6 Å². The summed E-state index contributed by atoms with van der Waals surface area (Å²) in [6.45, 7) is 1.62. The second-order valence-electron chi connectivity index (χ2n) is 8.57. The summed E-state index contributed by atoms with van der Waals surface area (Å²) >= 11 is 0. The lowest BCUT2D eigenvalue weighted by Crippen LogP contribution is -2.31. The quantitative estimate of drug-likeness (QED) is 0.549. The Morgan fingerprint density at radius 1 is 1.11 bits per heavy atom. The number of fused-ring (bicyclic) bond motifs is 1. The Bertz CT molecular complexity index is 1470. The van der Waals surface area contributed by atoms with Crippen LogP contribution in [0.1, 0.15) is 42.5 Å². The lowest BCUT2D eigenvalue weighted by molar-refractivity contribution is -0.137. The average Bonchev–Trinajstić information content (AvgIpc) is 3.64. The van der Waals surface area contributed by atoms with Crippen molar-refractivity contribution in [3.05, 3.63) is 76.5 Å². The second-order valence-corrected chi connectivity index (χ2v) is 8.57. The van der Waals surface area contributed by atoms with E-state index in [1.165, 1.54) is 21.7 Å². The summed E-state index contributed by atoms with van der Waals surface area (Å²) in [5.74, 6) is -0.214. The minimum absolute atomic E-state index is 0.00971. The van der Waals surface area contributed by atoms with Crippen molar-refractivity contribution in [1.82, 2.24) is 14.8 Å². The molecule has 2 aromatic carbocycles. The number of anilines is 3. The molecule has 11 heteroatoms. The molecule has 36 heavy (non-hydrogen) atoms. The van der Waals surface area contributed by atoms with Crippen molar-refractivity contribution in [3.8, 4) is 12.1 Å². The highest BCUT2D eigenvalue weighted by molar-refractivity contribution is 5.92. The fraction of sp³-hybridized carbons (Fsp3) is 0.240. The van der Waals surface area contributed by atoms with Crippen molar-refractivity contribution in [2.24, 2.45) is 5.92 Å². The lowest BCUT2D eigenvalue weighted by atomic mass is 9.95. The van der Waals surface area contributed by atoms with Crippen LogP contribution in [0.2, 0.25) is 0 Å². The van der Waals surface area contributed by atoms with Crippen LogP contribution in [0.15, 0.2) is 59.8 Å². The number of hydrogen-bond acceptors (Lipinski definition) is 6. The van der Waals surface area contributed by atoms with Gasteiger partial charge in [0.05, 0.1) is 28.8 Å². The first kappa shape index (κ1) is 23.1. The van der Waals surface area contributed by atoms with Crippen LogP contribution in [0.3, 0.4) is 0 Å². The number of nitrogens with one attached hydrogen (secondary N) is 1. The molecule has 1 amide bonds. The Labute approximate surface area is 203 Å². The van der Waals surface area contributed by atoms with Crippen molar-refractivity contribution in [2.75, 3.05) is 10.2 Å². The fourth-order valence-electron chi connectivity index (χ4n) is 4.16. The van der Waals surface area contributed by atoms with E-state index in [0.717, 1.165) is 25.0 Å². The van der Waals surface area contributed by atoms with Gasteiger partial charge in [-0.3, -0.25) is 15.0 Å². The number of carbonyl (C=O) groups excluding carboxylic acids is 1. The monoisotopic (exact) mass is 489 g/mol. The summed E-state index contributed by atoms with van der Waals surface area (Å²) in [5.41, 5.74) is 0.937. The van der Waals surface area contributed by atoms with Crippen molar-refractivity contribution in [1.29, 1.82) is 10.5 Å². The molecule has 1 aromatic heterocycles. The number of benzene rings is 2. The summed E-state index contributed by atoms with van der Waals surface area (Å²) in [6.07, 6.45) is -3.03. The summed E-state index contributed by atoms with van der Waals surface area (Å²) in [5, 5.41) is 26.4. The molecule has 1 aliphatic carbocycles. The van der Waals surface area contributed by atoms with Gasteiger partial charge in [0.2, 0.25) is 11.9 Å².